The summed E-state index contributed by atoms with van der Waals surface area (Å²) in [7, 11) is 0. The minimum atomic E-state index is -4.37. The lowest BCUT2D eigenvalue weighted by Gasteiger charge is -2.20. The van der Waals surface area contributed by atoms with Gasteiger partial charge in [0.1, 0.15) is 5.54 Å². The molecule has 0 aromatic carbocycles. The molecule has 2 rings (SSSR count). The van der Waals surface area contributed by atoms with E-state index >= 15 is 0 Å². The van der Waals surface area contributed by atoms with Crippen LogP contribution in [-0.2, 0) is 0 Å². The van der Waals surface area contributed by atoms with Crippen LogP contribution in [0, 0.1) is 6.92 Å². The topological polar surface area (TPSA) is 29.1 Å². The van der Waals surface area contributed by atoms with Crippen LogP contribution in [0.25, 0.3) is 0 Å². The zero-order valence-corrected chi connectivity index (χ0v) is 11.2. The Morgan fingerprint density at radius 3 is 2.47 bits per heavy atom. The SMILES string of the molecule is Cc1cc(C(=O)NC2(C(F)(F)F)CC2)sc1Br. The molecule has 1 aliphatic rings. The van der Waals surface area contributed by atoms with Crippen LogP contribution in [-0.4, -0.2) is 17.6 Å². The molecular formula is C10H9BrF3NOS. The maximum atomic E-state index is 12.6. The molecule has 0 aliphatic heterocycles. The lowest BCUT2D eigenvalue weighted by Crippen LogP contribution is -2.47. The van der Waals surface area contributed by atoms with Crippen LogP contribution in [0.3, 0.4) is 0 Å². The van der Waals surface area contributed by atoms with Gasteiger partial charge in [0.05, 0.1) is 8.66 Å². The largest absolute Gasteiger partial charge is 0.411 e. The first-order valence-electron chi connectivity index (χ1n) is 4.90. The number of thiophene rings is 1. The molecule has 0 unspecified atom stereocenters. The summed E-state index contributed by atoms with van der Waals surface area (Å²) in [6.07, 6.45) is -4.44. The van der Waals surface area contributed by atoms with E-state index in [4.69, 9.17) is 0 Å². The van der Waals surface area contributed by atoms with Crippen LogP contribution in [0.15, 0.2) is 9.85 Å². The molecule has 2 nitrogen and oxygen atoms in total. The molecule has 1 amide bonds. The van der Waals surface area contributed by atoms with Crippen molar-refractivity contribution in [2.75, 3.05) is 0 Å². The van der Waals surface area contributed by atoms with Crippen molar-refractivity contribution in [2.45, 2.75) is 31.5 Å². The molecule has 0 bridgehead atoms. The average Bonchev–Trinajstić information content (AvgIpc) is 2.89. The number of alkyl halides is 3. The van der Waals surface area contributed by atoms with Crippen LogP contribution < -0.4 is 5.32 Å². The summed E-state index contributed by atoms with van der Waals surface area (Å²) >= 11 is 4.37. The minimum absolute atomic E-state index is 0.0340. The first-order valence-corrected chi connectivity index (χ1v) is 6.51. The normalized spacial score (nSPS) is 17.9. The molecule has 17 heavy (non-hydrogen) atoms. The van der Waals surface area contributed by atoms with Crippen molar-refractivity contribution in [3.05, 3.63) is 20.3 Å². The second-order valence-electron chi connectivity index (χ2n) is 4.10. The van der Waals surface area contributed by atoms with Gasteiger partial charge in [-0.1, -0.05) is 0 Å². The molecule has 7 heteroatoms. The highest BCUT2D eigenvalue weighted by Gasteiger charge is 2.64. The maximum absolute atomic E-state index is 12.6. The molecule has 1 saturated carbocycles. The van der Waals surface area contributed by atoms with Crippen LogP contribution in [0.2, 0.25) is 0 Å². The lowest BCUT2D eigenvalue weighted by atomic mass is 10.2. The molecule has 1 fully saturated rings. The summed E-state index contributed by atoms with van der Waals surface area (Å²) in [5, 5.41) is 2.09. The van der Waals surface area contributed by atoms with Gasteiger partial charge < -0.3 is 5.32 Å². The highest BCUT2D eigenvalue weighted by molar-refractivity contribution is 9.11. The molecule has 0 atom stereocenters. The predicted octanol–water partition coefficient (Wildman–Crippen LogP) is 3.64. The number of carbonyl (C=O) groups is 1. The second kappa shape index (κ2) is 3.98. The number of hydrogen-bond acceptors (Lipinski definition) is 2. The molecule has 1 aromatic heterocycles. The number of amides is 1. The first-order chi connectivity index (χ1) is 7.75. The molecule has 0 saturated heterocycles. The monoisotopic (exact) mass is 327 g/mol. The Labute approximate surface area is 108 Å². The van der Waals surface area contributed by atoms with Crippen molar-refractivity contribution in [1.82, 2.24) is 5.32 Å². The van der Waals surface area contributed by atoms with Crippen molar-refractivity contribution in [2.24, 2.45) is 0 Å². The summed E-state index contributed by atoms with van der Waals surface area (Å²) in [5.74, 6) is -0.654. The van der Waals surface area contributed by atoms with Gasteiger partial charge >= 0.3 is 6.18 Å². The van der Waals surface area contributed by atoms with E-state index in [1.807, 2.05) is 0 Å². The highest BCUT2D eigenvalue weighted by atomic mass is 79.9. The standard InChI is InChI=1S/C10H9BrF3NOS/c1-5-4-6(17-7(5)11)8(16)15-9(2-3-9)10(12,13)14/h4H,2-3H2,1H3,(H,15,16). The zero-order valence-electron chi connectivity index (χ0n) is 8.82. The van der Waals surface area contributed by atoms with Crippen molar-refractivity contribution in [3.63, 3.8) is 0 Å². The van der Waals surface area contributed by atoms with Gasteiger partial charge in [-0.25, -0.2) is 0 Å². The van der Waals surface area contributed by atoms with E-state index in [1.165, 1.54) is 0 Å². The quantitative estimate of drug-likeness (QED) is 0.882. The van der Waals surface area contributed by atoms with Gasteiger partial charge in [0.15, 0.2) is 0 Å². The number of hydrogen-bond donors (Lipinski definition) is 1. The van der Waals surface area contributed by atoms with Crippen molar-refractivity contribution in [3.8, 4) is 0 Å². The number of nitrogens with one attached hydrogen (secondary N) is 1. The molecule has 0 spiro atoms. The minimum Gasteiger partial charge on any atom is -0.337 e. The number of carbonyl (C=O) groups excluding carboxylic acids is 1. The van der Waals surface area contributed by atoms with Gasteiger partial charge in [0.25, 0.3) is 5.91 Å². The number of aryl methyl sites for hydroxylation is 1. The Hall–Kier alpha value is -0.560. The molecule has 1 heterocycles. The Morgan fingerprint density at radius 1 is 1.53 bits per heavy atom. The molecule has 0 radical (unpaired) electrons. The number of halogens is 4. The molecular weight excluding hydrogens is 319 g/mol. The Bertz CT molecular complexity index is 445. The molecule has 94 valence electrons. The Morgan fingerprint density at radius 2 is 2.12 bits per heavy atom. The van der Waals surface area contributed by atoms with Gasteiger partial charge in [-0.2, -0.15) is 13.2 Å². The van der Waals surface area contributed by atoms with Crippen molar-refractivity contribution >= 4 is 33.2 Å². The summed E-state index contributed by atoms with van der Waals surface area (Å²) in [6.45, 7) is 1.79. The van der Waals surface area contributed by atoms with Gasteiger partial charge in [0.2, 0.25) is 0 Å². The summed E-state index contributed by atoms with van der Waals surface area (Å²) in [4.78, 5) is 12.0. The van der Waals surface area contributed by atoms with E-state index < -0.39 is 17.6 Å². The van der Waals surface area contributed by atoms with E-state index in [0.29, 0.717) is 4.88 Å². The maximum Gasteiger partial charge on any atom is 0.411 e. The van der Waals surface area contributed by atoms with E-state index in [0.717, 1.165) is 20.7 Å². The van der Waals surface area contributed by atoms with E-state index in [-0.39, 0.29) is 12.8 Å². The average molecular weight is 328 g/mol. The zero-order chi connectivity index (χ0) is 12.8. The summed E-state index contributed by atoms with van der Waals surface area (Å²) < 4.78 is 38.7. The Kier molecular flexibility index (Phi) is 3.02. The summed E-state index contributed by atoms with van der Waals surface area (Å²) in [5.41, 5.74) is -1.15. The van der Waals surface area contributed by atoms with Gasteiger partial charge in [-0.3, -0.25) is 4.79 Å². The fourth-order valence-electron chi connectivity index (χ4n) is 1.46. The van der Waals surface area contributed by atoms with Crippen LogP contribution in [0.5, 0.6) is 0 Å². The van der Waals surface area contributed by atoms with Gasteiger partial charge in [-0.15, -0.1) is 11.3 Å². The van der Waals surface area contributed by atoms with E-state index in [1.54, 1.807) is 13.0 Å². The third kappa shape index (κ3) is 2.35. The Balaban J connectivity index is 2.13. The van der Waals surface area contributed by atoms with Crippen molar-refractivity contribution < 1.29 is 18.0 Å². The first kappa shape index (κ1) is 12.9. The van der Waals surface area contributed by atoms with Crippen LogP contribution in [0.1, 0.15) is 28.1 Å². The number of rotatable bonds is 2. The van der Waals surface area contributed by atoms with Crippen molar-refractivity contribution in [1.29, 1.82) is 0 Å². The molecule has 1 aliphatic carbocycles. The second-order valence-corrected chi connectivity index (χ2v) is 6.47. The third-order valence-electron chi connectivity index (χ3n) is 2.73. The highest BCUT2D eigenvalue weighted by Crippen LogP contribution is 2.49. The van der Waals surface area contributed by atoms with Crippen LogP contribution in [0.4, 0.5) is 13.2 Å². The van der Waals surface area contributed by atoms with E-state index in [2.05, 4.69) is 21.2 Å². The summed E-state index contributed by atoms with van der Waals surface area (Å²) in [6, 6.07) is 1.58. The fraction of sp³-hybridized carbons (Fsp3) is 0.500. The lowest BCUT2D eigenvalue weighted by molar-refractivity contribution is -0.163. The molecule has 1 N–H and O–H groups in total. The van der Waals surface area contributed by atoms with E-state index in [9.17, 15) is 18.0 Å². The third-order valence-corrected chi connectivity index (χ3v) is 4.86. The molecule has 1 aromatic rings. The van der Waals surface area contributed by atoms with Gasteiger partial charge in [-0.05, 0) is 47.3 Å². The predicted molar refractivity (Wildman–Crippen MR) is 62.2 cm³/mol. The smallest absolute Gasteiger partial charge is 0.337 e. The fourth-order valence-corrected chi connectivity index (χ4v) is 2.89. The van der Waals surface area contributed by atoms with Crippen LogP contribution >= 0.6 is 27.3 Å². The van der Waals surface area contributed by atoms with Gasteiger partial charge in [0, 0.05) is 0 Å².